The van der Waals surface area contributed by atoms with Gasteiger partial charge in [-0.25, -0.2) is 0 Å². The Morgan fingerprint density at radius 3 is 2.09 bits per heavy atom. The van der Waals surface area contributed by atoms with Crippen LogP contribution in [0, 0.1) is 5.92 Å². The highest BCUT2D eigenvalue weighted by Gasteiger charge is 2.38. The molecule has 0 amide bonds. The molecule has 0 spiro atoms. The Kier molecular flexibility index (Phi) is 2.55. The Morgan fingerprint density at radius 2 is 1.73 bits per heavy atom. The molecule has 1 aliphatic carbocycles. The lowest BCUT2D eigenvalue weighted by atomic mass is 9.86. The van der Waals surface area contributed by atoms with Gasteiger partial charge in [-0.1, -0.05) is 26.7 Å². The van der Waals surface area contributed by atoms with Crippen LogP contribution in [0.1, 0.15) is 39.5 Å². The van der Waals surface area contributed by atoms with Gasteiger partial charge in [-0.3, -0.25) is 0 Å². The van der Waals surface area contributed by atoms with Gasteiger partial charge in [0.15, 0.2) is 0 Å². The number of hydrogen-bond acceptors (Lipinski definition) is 2. The van der Waals surface area contributed by atoms with E-state index in [2.05, 4.69) is 13.8 Å². The van der Waals surface area contributed by atoms with E-state index < -0.39 is 5.60 Å². The molecule has 0 unspecified atom stereocenters. The first-order chi connectivity index (χ1) is 5.06. The zero-order valence-corrected chi connectivity index (χ0v) is 7.51. The molecule has 1 saturated carbocycles. The maximum Gasteiger partial charge on any atom is 0.0800 e. The number of hydrogen-bond donors (Lipinski definition) is 2. The molecule has 0 saturated heterocycles. The van der Waals surface area contributed by atoms with E-state index in [-0.39, 0.29) is 6.04 Å². The van der Waals surface area contributed by atoms with Gasteiger partial charge in [0.25, 0.3) is 0 Å². The molecule has 66 valence electrons. The quantitative estimate of drug-likeness (QED) is 0.634. The molecule has 0 aliphatic heterocycles. The predicted molar refractivity (Wildman–Crippen MR) is 46.2 cm³/mol. The summed E-state index contributed by atoms with van der Waals surface area (Å²) in [6, 6.07) is -0.0370. The van der Waals surface area contributed by atoms with E-state index in [1.165, 1.54) is 0 Å². The minimum absolute atomic E-state index is 0.0370. The highest BCUT2D eigenvalue weighted by Crippen LogP contribution is 2.33. The van der Waals surface area contributed by atoms with Crippen molar-refractivity contribution < 1.29 is 5.11 Å². The molecule has 2 heteroatoms. The largest absolute Gasteiger partial charge is 0.388 e. The minimum Gasteiger partial charge on any atom is -0.388 e. The molecule has 0 aromatic heterocycles. The first-order valence-electron chi connectivity index (χ1n) is 4.54. The Morgan fingerprint density at radius 1 is 1.27 bits per heavy atom. The van der Waals surface area contributed by atoms with E-state index in [4.69, 9.17) is 5.73 Å². The second-order valence-electron chi connectivity index (χ2n) is 4.08. The van der Waals surface area contributed by atoms with E-state index >= 15 is 0 Å². The van der Waals surface area contributed by atoms with Crippen LogP contribution < -0.4 is 5.73 Å². The van der Waals surface area contributed by atoms with Gasteiger partial charge in [-0.2, -0.15) is 0 Å². The van der Waals surface area contributed by atoms with Crippen LogP contribution in [0.3, 0.4) is 0 Å². The van der Waals surface area contributed by atoms with Crippen LogP contribution in [-0.4, -0.2) is 16.7 Å². The third kappa shape index (κ3) is 1.74. The van der Waals surface area contributed by atoms with E-state index in [0.29, 0.717) is 5.92 Å². The Labute approximate surface area is 68.8 Å². The van der Waals surface area contributed by atoms with Crippen molar-refractivity contribution in [1.82, 2.24) is 0 Å². The maximum atomic E-state index is 10.0. The van der Waals surface area contributed by atoms with Gasteiger partial charge in [0, 0.05) is 6.04 Å². The van der Waals surface area contributed by atoms with Crippen molar-refractivity contribution in [2.75, 3.05) is 0 Å². The van der Waals surface area contributed by atoms with E-state index in [0.717, 1.165) is 25.7 Å². The lowest BCUT2D eigenvalue weighted by molar-refractivity contribution is 0.00658. The van der Waals surface area contributed by atoms with Gasteiger partial charge in [-0.05, 0) is 18.8 Å². The zero-order valence-electron chi connectivity index (χ0n) is 7.51. The van der Waals surface area contributed by atoms with Crippen molar-refractivity contribution in [2.45, 2.75) is 51.2 Å². The lowest BCUT2D eigenvalue weighted by Crippen LogP contribution is -2.49. The van der Waals surface area contributed by atoms with Gasteiger partial charge >= 0.3 is 0 Å². The SMILES string of the molecule is CC(C)[C@H](N)C1(O)CCCC1. The monoisotopic (exact) mass is 157 g/mol. The fourth-order valence-corrected chi connectivity index (χ4v) is 1.94. The molecule has 1 atom stereocenters. The second kappa shape index (κ2) is 3.11. The van der Waals surface area contributed by atoms with Gasteiger partial charge in [0.1, 0.15) is 0 Å². The van der Waals surface area contributed by atoms with Crippen LogP contribution in [0.25, 0.3) is 0 Å². The van der Waals surface area contributed by atoms with E-state index in [1.54, 1.807) is 0 Å². The molecule has 1 aliphatic rings. The third-order valence-corrected chi connectivity index (χ3v) is 2.81. The molecule has 0 aromatic carbocycles. The van der Waals surface area contributed by atoms with Gasteiger partial charge in [-0.15, -0.1) is 0 Å². The van der Waals surface area contributed by atoms with Crippen LogP contribution in [0.2, 0.25) is 0 Å². The molecule has 3 N–H and O–H groups in total. The first-order valence-corrected chi connectivity index (χ1v) is 4.54. The van der Waals surface area contributed by atoms with Crippen LogP contribution in [0.5, 0.6) is 0 Å². The molecule has 1 rings (SSSR count). The summed E-state index contributed by atoms with van der Waals surface area (Å²) in [4.78, 5) is 0. The molecule has 11 heavy (non-hydrogen) atoms. The molecule has 0 bridgehead atoms. The average molecular weight is 157 g/mol. The van der Waals surface area contributed by atoms with Crippen molar-refractivity contribution in [3.05, 3.63) is 0 Å². The molecule has 1 fully saturated rings. The molecule has 0 aromatic rings. The normalized spacial score (nSPS) is 25.9. The van der Waals surface area contributed by atoms with Crippen molar-refractivity contribution in [2.24, 2.45) is 11.7 Å². The molecule has 2 nitrogen and oxygen atoms in total. The second-order valence-corrected chi connectivity index (χ2v) is 4.08. The number of rotatable bonds is 2. The molecule has 0 heterocycles. The molecular weight excluding hydrogens is 138 g/mol. The zero-order chi connectivity index (χ0) is 8.48. The highest BCUT2D eigenvalue weighted by atomic mass is 16.3. The van der Waals surface area contributed by atoms with Gasteiger partial charge in [0.05, 0.1) is 5.60 Å². The maximum absolute atomic E-state index is 10.0. The smallest absolute Gasteiger partial charge is 0.0800 e. The van der Waals surface area contributed by atoms with Crippen LogP contribution in [0.15, 0.2) is 0 Å². The highest BCUT2D eigenvalue weighted by molar-refractivity contribution is 4.94. The topological polar surface area (TPSA) is 46.2 Å². The van der Waals surface area contributed by atoms with Crippen molar-refractivity contribution >= 4 is 0 Å². The molecule has 0 radical (unpaired) electrons. The average Bonchev–Trinajstić information content (AvgIpc) is 2.35. The van der Waals surface area contributed by atoms with Crippen molar-refractivity contribution in [3.63, 3.8) is 0 Å². The lowest BCUT2D eigenvalue weighted by Gasteiger charge is -2.32. The van der Waals surface area contributed by atoms with E-state index in [9.17, 15) is 5.11 Å². The summed E-state index contributed by atoms with van der Waals surface area (Å²) in [6.07, 6.45) is 4.06. The predicted octanol–water partition coefficient (Wildman–Crippen LogP) is 1.27. The summed E-state index contributed by atoms with van der Waals surface area (Å²) in [7, 11) is 0. The van der Waals surface area contributed by atoms with E-state index in [1.807, 2.05) is 0 Å². The minimum atomic E-state index is -0.547. The summed E-state index contributed by atoms with van der Waals surface area (Å²) in [5.41, 5.74) is 5.36. The number of aliphatic hydroxyl groups is 1. The first kappa shape index (κ1) is 9.01. The van der Waals surface area contributed by atoms with Crippen molar-refractivity contribution in [3.8, 4) is 0 Å². The van der Waals surface area contributed by atoms with Crippen molar-refractivity contribution in [1.29, 1.82) is 0 Å². The summed E-state index contributed by atoms with van der Waals surface area (Å²) in [6.45, 7) is 4.14. The fraction of sp³-hybridized carbons (Fsp3) is 1.00. The molecular formula is C9H19NO. The Hall–Kier alpha value is -0.0800. The van der Waals surface area contributed by atoms with Crippen LogP contribution >= 0.6 is 0 Å². The third-order valence-electron chi connectivity index (χ3n) is 2.81. The number of nitrogens with two attached hydrogens (primary N) is 1. The summed E-state index contributed by atoms with van der Waals surface area (Å²) < 4.78 is 0. The Bertz CT molecular complexity index is 128. The standard InChI is InChI=1S/C9H19NO/c1-7(2)8(10)9(11)5-3-4-6-9/h7-8,11H,3-6,10H2,1-2H3/t8-/m0/s1. The summed E-state index contributed by atoms with van der Waals surface area (Å²) in [5, 5.41) is 10.0. The Balaban J connectivity index is 2.56. The summed E-state index contributed by atoms with van der Waals surface area (Å²) in [5.74, 6) is 0.387. The summed E-state index contributed by atoms with van der Waals surface area (Å²) >= 11 is 0. The van der Waals surface area contributed by atoms with Crippen LogP contribution in [-0.2, 0) is 0 Å². The fourth-order valence-electron chi connectivity index (χ4n) is 1.94. The van der Waals surface area contributed by atoms with Gasteiger partial charge in [0.2, 0.25) is 0 Å². The van der Waals surface area contributed by atoms with Gasteiger partial charge < -0.3 is 10.8 Å². The van der Waals surface area contributed by atoms with Crippen LogP contribution in [0.4, 0.5) is 0 Å².